The highest BCUT2D eigenvalue weighted by atomic mass is 79.9. The summed E-state index contributed by atoms with van der Waals surface area (Å²) in [6.45, 7) is 0. The first-order valence-corrected chi connectivity index (χ1v) is 12.5. The van der Waals surface area contributed by atoms with Gasteiger partial charge in [0, 0.05) is 9.50 Å². The van der Waals surface area contributed by atoms with Crippen LogP contribution in [0, 0.1) is 5.82 Å². The standard InChI is InChI=1S/C24H18BrClFNO4S/c25-17-5-1-3-15(13-17)22-12-11-21(24(29)30)23(16-4-2-6-18(26)14-16)28(22)33(31,32)20-9-7-19(27)8-10-20/h1-11,13-14,22-23H,12H2,(H,29,30). The highest BCUT2D eigenvalue weighted by molar-refractivity contribution is 9.10. The van der Waals surface area contributed by atoms with Crippen LogP contribution in [-0.4, -0.2) is 23.8 Å². The zero-order valence-corrected chi connectivity index (χ0v) is 20.2. The molecule has 0 saturated carbocycles. The van der Waals surface area contributed by atoms with Gasteiger partial charge < -0.3 is 5.11 Å². The van der Waals surface area contributed by atoms with Crippen molar-refractivity contribution < 1.29 is 22.7 Å². The molecule has 3 aromatic carbocycles. The average molecular weight is 551 g/mol. The summed E-state index contributed by atoms with van der Waals surface area (Å²) in [6.07, 6.45) is 1.70. The van der Waals surface area contributed by atoms with Crippen LogP contribution in [0.2, 0.25) is 5.02 Å². The van der Waals surface area contributed by atoms with Crippen molar-refractivity contribution in [1.29, 1.82) is 0 Å². The summed E-state index contributed by atoms with van der Waals surface area (Å²) < 4.78 is 43.4. The molecule has 0 aromatic heterocycles. The molecule has 0 amide bonds. The molecule has 3 aromatic rings. The minimum atomic E-state index is -4.26. The third kappa shape index (κ3) is 4.75. The fraction of sp³-hybridized carbons (Fsp3) is 0.125. The van der Waals surface area contributed by atoms with Gasteiger partial charge in [0.05, 0.1) is 22.6 Å². The number of carboxylic acids is 1. The van der Waals surface area contributed by atoms with E-state index in [4.69, 9.17) is 11.6 Å². The smallest absolute Gasteiger partial charge is 0.333 e. The summed E-state index contributed by atoms with van der Waals surface area (Å²) in [6, 6.07) is 16.3. The monoisotopic (exact) mass is 549 g/mol. The maximum absolute atomic E-state index is 13.9. The van der Waals surface area contributed by atoms with Crippen LogP contribution in [-0.2, 0) is 14.8 Å². The lowest BCUT2D eigenvalue weighted by Crippen LogP contribution is -2.42. The average Bonchev–Trinajstić information content (AvgIpc) is 2.78. The Morgan fingerprint density at radius 1 is 1.03 bits per heavy atom. The van der Waals surface area contributed by atoms with E-state index in [1.807, 2.05) is 6.07 Å². The van der Waals surface area contributed by atoms with Gasteiger partial charge in [0.1, 0.15) is 5.82 Å². The number of carboxylic acid groups (broad SMARTS) is 1. The van der Waals surface area contributed by atoms with Gasteiger partial charge in [0.2, 0.25) is 10.0 Å². The number of nitrogens with zero attached hydrogens (tertiary/aromatic N) is 1. The van der Waals surface area contributed by atoms with Crippen molar-refractivity contribution in [2.24, 2.45) is 0 Å². The first-order valence-electron chi connectivity index (χ1n) is 9.92. The molecule has 0 bridgehead atoms. The lowest BCUT2D eigenvalue weighted by molar-refractivity contribution is -0.133. The third-order valence-corrected chi connectivity index (χ3v) is 8.07. The Kier molecular flexibility index (Phi) is 6.72. The third-order valence-electron chi connectivity index (χ3n) is 5.45. The van der Waals surface area contributed by atoms with Gasteiger partial charge >= 0.3 is 5.97 Å². The first kappa shape index (κ1) is 23.6. The summed E-state index contributed by atoms with van der Waals surface area (Å²) in [4.78, 5) is 12.1. The van der Waals surface area contributed by atoms with Crippen LogP contribution in [0.1, 0.15) is 29.6 Å². The molecule has 0 spiro atoms. The summed E-state index contributed by atoms with van der Waals surface area (Å²) in [5, 5.41) is 10.3. The predicted molar refractivity (Wildman–Crippen MR) is 127 cm³/mol. The van der Waals surface area contributed by atoms with E-state index in [1.54, 1.807) is 48.5 Å². The summed E-state index contributed by atoms with van der Waals surface area (Å²) in [5.74, 6) is -1.80. The van der Waals surface area contributed by atoms with E-state index in [0.29, 0.717) is 16.1 Å². The number of sulfonamides is 1. The Bertz CT molecular complexity index is 1340. The number of hydrogen-bond acceptors (Lipinski definition) is 3. The highest BCUT2D eigenvalue weighted by Gasteiger charge is 2.44. The number of benzene rings is 3. The molecule has 33 heavy (non-hydrogen) atoms. The molecule has 0 saturated heterocycles. The number of rotatable bonds is 5. The number of halogens is 3. The molecule has 2 atom stereocenters. The molecule has 5 nitrogen and oxygen atoms in total. The van der Waals surface area contributed by atoms with Gasteiger partial charge in [0.15, 0.2) is 0 Å². The van der Waals surface area contributed by atoms with Crippen molar-refractivity contribution in [2.45, 2.75) is 23.4 Å². The Labute approximate surface area is 204 Å². The molecule has 9 heteroatoms. The Morgan fingerprint density at radius 3 is 2.33 bits per heavy atom. The van der Waals surface area contributed by atoms with Crippen LogP contribution < -0.4 is 0 Å². The van der Waals surface area contributed by atoms with Crippen molar-refractivity contribution in [3.8, 4) is 0 Å². The maximum atomic E-state index is 13.9. The maximum Gasteiger partial charge on any atom is 0.333 e. The number of carbonyl (C=O) groups is 1. The van der Waals surface area contributed by atoms with Crippen molar-refractivity contribution in [2.75, 3.05) is 0 Å². The van der Waals surface area contributed by atoms with E-state index in [2.05, 4.69) is 15.9 Å². The van der Waals surface area contributed by atoms with Crippen molar-refractivity contribution in [3.63, 3.8) is 0 Å². The molecule has 1 aliphatic rings. The van der Waals surface area contributed by atoms with Gasteiger partial charge in [-0.25, -0.2) is 17.6 Å². The molecule has 0 radical (unpaired) electrons. The quantitative estimate of drug-likeness (QED) is 0.415. The topological polar surface area (TPSA) is 74.7 Å². The highest BCUT2D eigenvalue weighted by Crippen LogP contribution is 2.46. The van der Waals surface area contributed by atoms with Crippen LogP contribution in [0.5, 0.6) is 0 Å². The Hall–Kier alpha value is -2.52. The molecule has 1 aliphatic heterocycles. The second-order valence-corrected chi connectivity index (χ2v) is 10.7. The van der Waals surface area contributed by atoms with Gasteiger partial charge in [-0.15, -0.1) is 0 Å². The Balaban J connectivity index is 1.98. The van der Waals surface area contributed by atoms with E-state index in [9.17, 15) is 22.7 Å². The SMILES string of the molecule is O=C(O)C1=CCC(c2cccc(Br)c2)N(S(=O)(=O)c2ccc(F)cc2)C1c1cccc(Cl)c1. The predicted octanol–water partition coefficient (Wildman–Crippen LogP) is 6.13. The molecule has 0 aliphatic carbocycles. The fourth-order valence-electron chi connectivity index (χ4n) is 4.01. The minimum absolute atomic E-state index is 0.0748. The summed E-state index contributed by atoms with van der Waals surface area (Å²) in [7, 11) is -4.26. The van der Waals surface area contributed by atoms with Crippen LogP contribution in [0.4, 0.5) is 4.39 Å². The van der Waals surface area contributed by atoms with E-state index in [0.717, 1.165) is 16.6 Å². The van der Waals surface area contributed by atoms with Gasteiger partial charge in [-0.3, -0.25) is 0 Å². The summed E-state index contributed by atoms with van der Waals surface area (Å²) >= 11 is 9.60. The normalized spacial score (nSPS) is 19.2. The van der Waals surface area contributed by atoms with Crippen molar-refractivity contribution >= 4 is 43.5 Å². The van der Waals surface area contributed by atoms with Crippen LogP contribution >= 0.6 is 27.5 Å². The molecule has 1 heterocycles. The number of aliphatic carboxylic acids is 1. The first-order chi connectivity index (χ1) is 15.7. The van der Waals surface area contributed by atoms with Gasteiger partial charge in [-0.05, 0) is 66.1 Å². The van der Waals surface area contributed by atoms with E-state index < -0.39 is 33.9 Å². The van der Waals surface area contributed by atoms with Crippen molar-refractivity contribution in [1.82, 2.24) is 4.31 Å². The van der Waals surface area contributed by atoms with E-state index >= 15 is 0 Å². The molecule has 2 unspecified atom stereocenters. The zero-order chi connectivity index (χ0) is 23.8. The minimum Gasteiger partial charge on any atom is -0.478 e. The van der Waals surface area contributed by atoms with Gasteiger partial charge in [-0.1, -0.05) is 57.9 Å². The molecule has 4 rings (SSSR count). The molecule has 170 valence electrons. The molecular formula is C24H18BrClFNO4S. The van der Waals surface area contributed by atoms with Gasteiger partial charge in [-0.2, -0.15) is 4.31 Å². The van der Waals surface area contributed by atoms with Crippen LogP contribution in [0.15, 0.2) is 93.8 Å². The second-order valence-electron chi connectivity index (χ2n) is 7.52. The number of hydrogen-bond donors (Lipinski definition) is 1. The van der Waals surface area contributed by atoms with E-state index in [1.165, 1.54) is 16.4 Å². The van der Waals surface area contributed by atoms with Crippen LogP contribution in [0.25, 0.3) is 0 Å². The lowest BCUT2D eigenvalue weighted by Gasteiger charge is -2.40. The lowest BCUT2D eigenvalue weighted by atomic mass is 9.89. The molecular weight excluding hydrogens is 533 g/mol. The van der Waals surface area contributed by atoms with E-state index in [-0.39, 0.29) is 16.9 Å². The Morgan fingerprint density at radius 2 is 1.70 bits per heavy atom. The second kappa shape index (κ2) is 9.38. The van der Waals surface area contributed by atoms with Gasteiger partial charge in [0.25, 0.3) is 0 Å². The largest absolute Gasteiger partial charge is 0.478 e. The van der Waals surface area contributed by atoms with Crippen LogP contribution in [0.3, 0.4) is 0 Å². The molecule has 0 fully saturated rings. The zero-order valence-electron chi connectivity index (χ0n) is 17.0. The van der Waals surface area contributed by atoms with Crippen molar-refractivity contribution in [3.05, 3.63) is 111 Å². The fourth-order valence-corrected chi connectivity index (χ4v) is 6.40. The molecule has 1 N–H and O–H groups in total. The summed E-state index contributed by atoms with van der Waals surface area (Å²) in [5.41, 5.74) is 1.03.